The van der Waals surface area contributed by atoms with Gasteiger partial charge in [-0.2, -0.15) is 0 Å². The van der Waals surface area contributed by atoms with Crippen molar-refractivity contribution in [2.75, 3.05) is 18.6 Å². The first-order valence-electron chi connectivity index (χ1n) is 11.1. The van der Waals surface area contributed by atoms with Crippen molar-refractivity contribution in [3.63, 3.8) is 0 Å². The quantitative estimate of drug-likeness (QED) is 0.239. The van der Waals surface area contributed by atoms with E-state index < -0.39 is 9.84 Å². The number of benzene rings is 2. The number of pyridine rings is 1. The smallest absolute Gasteiger partial charge is 0.251 e. The summed E-state index contributed by atoms with van der Waals surface area (Å²) in [5, 5.41) is 16.0. The molecular weight excluding hydrogens is 466 g/mol. The summed E-state index contributed by atoms with van der Waals surface area (Å²) in [4.78, 5) is 26.9. The highest BCUT2D eigenvalue weighted by Crippen LogP contribution is 2.32. The second-order valence-electron chi connectivity index (χ2n) is 8.57. The van der Waals surface area contributed by atoms with Crippen LogP contribution in [0, 0.1) is 13.8 Å². The first kappa shape index (κ1) is 25.9. The van der Waals surface area contributed by atoms with Crippen LogP contribution in [0.15, 0.2) is 70.7 Å². The van der Waals surface area contributed by atoms with Crippen molar-refractivity contribution in [2.24, 2.45) is 5.16 Å². The number of sulfone groups is 1. The lowest BCUT2D eigenvalue weighted by Crippen LogP contribution is -2.28. The summed E-state index contributed by atoms with van der Waals surface area (Å²) in [5.74, 6) is -0.662. The molecule has 9 heteroatoms. The molecule has 3 N–H and O–H groups in total. The Kier molecular flexibility index (Phi) is 8.24. The Morgan fingerprint density at radius 1 is 1.06 bits per heavy atom. The van der Waals surface area contributed by atoms with Gasteiger partial charge in [-0.1, -0.05) is 41.6 Å². The third kappa shape index (κ3) is 6.89. The number of aromatic amines is 1. The van der Waals surface area contributed by atoms with Crippen LogP contribution in [0.4, 0.5) is 0 Å². The Morgan fingerprint density at radius 2 is 1.74 bits per heavy atom. The van der Waals surface area contributed by atoms with Crippen LogP contribution in [0.3, 0.4) is 0 Å². The molecule has 0 fully saturated rings. The highest BCUT2D eigenvalue weighted by molar-refractivity contribution is 7.90. The molecule has 35 heavy (non-hydrogen) atoms. The highest BCUT2D eigenvalue weighted by atomic mass is 32.2. The van der Waals surface area contributed by atoms with Gasteiger partial charge in [0.25, 0.3) is 11.5 Å². The van der Waals surface area contributed by atoms with Gasteiger partial charge in [0.2, 0.25) is 0 Å². The van der Waals surface area contributed by atoms with Gasteiger partial charge in [-0.15, -0.1) is 0 Å². The molecule has 0 radical (unpaired) electrons. The zero-order chi connectivity index (χ0) is 25.6. The van der Waals surface area contributed by atoms with Gasteiger partial charge in [0, 0.05) is 48.0 Å². The van der Waals surface area contributed by atoms with E-state index in [1.807, 2.05) is 43.3 Å². The predicted octanol–water partition coefficient (Wildman–Crippen LogP) is 3.17. The number of carbonyl (C=O) groups excluding carboxylic acids is 1. The number of hydrogen-bond donors (Lipinski definition) is 3. The molecular formula is C26H29N3O5S. The molecule has 1 heterocycles. The first-order chi connectivity index (χ1) is 16.6. The second kappa shape index (κ2) is 11.1. The predicted molar refractivity (Wildman–Crippen MR) is 136 cm³/mol. The number of H-pyrrole nitrogens is 1. The van der Waals surface area contributed by atoms with Crippen LogP contribution in [-0.2, 0) is 9.84 Å². The van der Waals surface area contributed by atoms with E-state index >= 15 is 0 Å². The van der Waals surface area contributed by atoms with Crippen molar-refractivity contribution in [1.29, 1.82) is 0 Å². The van der Waals surface area contributed by atoms with E-state index in [0.717, 1.165) is 22.9 Å². The minimum Gasteiger partial charge on any atom is -0.411 e. The van der Waals surface area contributed by atoms with E-state index in [0.29, 0.717) is 28.8 Å². The van der Waals surface area contributed by atoms with E-state index in [1.165, 1.54) is 6.20 Å². The fourth-order valence-electron chi connectivity index (χ4n) is 3.88. The summed E-state index contributed by atoms with van der Waals surface area (Å²) in [6.45, 7) is 3.74. The van der Waals surface area contributed by atoms with E-state index in [2.05, 4.69) is 15.5 Å². The summed E-state index contributed by atoms with van der Waals surface area (Å²) in [7, 11) is -3.16. The number of oxime groups is 1. The van der Waals surface area contributed by atoms with Crippen LogP contribution in [0.2, 0.25) is 0 Å². The van der Waals surface area contributed by atoms with Crippen LogP contribution < -0.4 is 10.9 Å². The minimum absolute atomic E-state index is 0.0418. The number of nitrogens with one attached hydrogen (secondary N) is 2. The first-order valence-corrected chi connectivity index (χ1v) is 13.2. The van der Waals surface area contributed by atoms with Crippen LogP contribution in [0.5, 0.6) is 0 Å². The zero-order valence-electron chi connectivity index (χ0n) is 19.9. The van der Waals surface area contributed by atoms with E-state index in [4.69, 9.17) is 0 Å². The molecule has 0 aliphatic heterocycles. The Hall–Kier alpha value is -3.72. The number of carbonyl (C=O) groups is 1. The second-order valence-corrected chi connectivity index (χ2v) is 10.8. The summed E-state index contributed by atoms with van der Waals surface area (Å²) in [5.41, 5.74) is 4.78. The summed E-state index contributed by atoms with van der Waals surface area (Å²) < 4.78 is 22.6. The average Bonchev–Trinajstić information content (AvgIpc) is 2.82. The Labute approximate surface area is 204 Å². The summed E-state index contributed by atoms with van der Waals surface area (Å²) >= 11 is 0. The van der Waals surface area contributed by atoms with Crippen molar-refractivity contribution < 1.29 is 18.4 Å². The van der Waals surface area contributed by atoms with Crippen molar-refractivity contribution in [3.8, 4) is 0 Å². The van der Waals surface area contributed by atoms with E-state index in [-0.39, 0.29) is 29.7 Å². The molecule has 2 aromatic carbocycles. The van der Waals surface area contributed by atoms with Gasteiger partial charge in [0.1, 0.15) is 9.84 Å². The Balaban J connectivity index is 1.90. The topological polar surface area (TPSA) is 129 Å². The molecule has 1 unspecified atom stereocenters. The maximum atomic E-state index is 12.4. The lowest BCUT2D eigenvalue weighted by molar-refractivity contribution is 0.0956. The molecule has 1 atom stereocenters. The average molecular weight is 496 g/mol. The maximum absolute atomic E-state index is 12.4. The molecule has 1 amide bonds. The van der Waals surface area contributed by atoms with Gasteiger partial charge in [-0.3, -0.25) is 9.59 Å². The third-order valence-electron chi connectivity index (χ3n) is 5.84. The monoisotopic (exact) mass is 495 g/mol. The molecule has 3 aromatic rings. The highest BCUT2D eigenvalue weighted by Gasteiger charge is 2.21. The largest absolute Gasteiger partial charge is 0.411 e. The standard InChI is InChI=1S/C26H29N3O5S/c1-17-6-4-5-7-22(17)23(15-24(29-32)21-14-18(2)25(30)28-16-21)19-8-10-20(11-9-19)26(31)27-12-13-35(3,33)34/h4-11,14,16,23,32H,12-13,15H2,1-3H3,(H,27,31)(H,28,30)/b29-24+. The lowest BCUT2D eigenvalue weighted by atomic mass is 9.83. The molecule has 184 valence electrons. The molecule has 0 aliphatic rings. The van der Waals surface area contributed by atoms with Crippen LogP contribution in [0.25, 0.3) is 0 Å². The summed E-state index contributed by atoms with van der Waals surface area (Å²) in [6, 6.07) is 16.7. The number of rotatable bonds is 9. The Bertz CT molecular complexity index is 1390. The van der Waals surface area contributed by atoms with E-state index in [1.54, 1.807) is 25.1 Å². The number of aromatic nitrogens is 1. The molecule has 0 aliphatic carbocycles. The third-order valence-corrected chi connectivity index (χ3v) is 6.78. The summed E-state index contributed by atoms with van der Waals surface area (Å²) in [6.07, 6.45) is 3.01. The van der Waals surface area contributed by atoms with Crippen molar-refractivity contribution in [2.45, 2.75) is 26.2 Å². The molecule has 0 spiro atoms. The van der Waals surface area contributed by atoms with Gasteiger partial charge in [0.15, 0.2) is 0 Å². The van der Waals surface area contributed by atoms with Gasteiger partial charge >= 0.3 is 0 Å². The molecule has 0 bridgehead atoms. The van der Waals surface area contributed by atoms with Crippen molar-refractivity contribution in [3.05, 3.63) is 105 Å². The van der Waals surface area contributed by atoms with Crippen LogP contribution in [0.1, 0.15) is 50.5 Å². The zero-order valence-corrected chi connectivity index (χ0v) is 20.7. The number of aryl methyl sites for hydroxylation is 2. The lowest BCUT2D eigenvalue weighted by Gasteiger charge is -2.21. The fourth-order valence-corrected chi connectivity index (χ4v) is 4.35. The van der Waals surface area contributed by atoms with Gasteiger partial charge in [-0.25, -0.2) is 8.42 Å². The molecule has 0 saturated heterocycles. The van der Waals surface area contributed by atoms with Gasteiger partial charge in [0.05, 0.1) is 11.5 Å². The molecule has 1 aromatic heterocycles. The van der Waals surface area contributed by atoms with E-state index in [9.17, 15) is 23.2 Å². The molecule has 3 rings (SSSR count). The minimum atomic E-state index is -3.16. The molecule has 8 nitrogen and oxygen atoms in total. The van der Waals surface area contributed by atoms with Crippen molar-refractivity contribution >= 4 is 21.5 Å². The van der Waals surface area contributed by atoms with Crippen molar-refractivity contribution in [1.82, 2.24) is 10.3 Å². The molecule has 0 saturated carbocycles. The normalized spacial score (nSPS) is 12.8. The Morgan fingerprint density at radius 3 is 2.34 bits per heavy atom. The SMILES string of the molecule is Cc1ccccc1C(C/C(=N\O)c1c[nH]c(=O)c(C)c1)c1ccc(C(=O)NCCS(C)(=O)=O)cc1. The van der Waals surface area contributed by atoms with Gasteiger partial charge < -0.3 is 15.5 Å². The number of hydrogen-bond acceptors (Lipinski definition) is 6. The van der Waals surface area contributed by atoms with Gasteiger partial charge in [-0.05, 0) is 48.7 Å². The fraction of sp³-hybridized carbons (Fsp3) is 0.269. The van der Waals surface area contributed by atoms with Crippen LogP contribution in [-0.4, -0.2) is 48.8 Å². The number of nitrogens with zero attached hydrogens (tertiary/aromatic N) is 1. The van der Waals surface area contributed by atoms with Crippen LogP contribution >= 0.6 is 0 Å². The maximum Gasteiger partial charge on any atom is 0.251 e. The number of amides is 1.